The van der Waals surface area contributed by atoms with Crippen molar-refractivity contribution >= 4 is 24.6 Å². The van der Waals surface area contributed by atoms with Gasteiger partial charge in [0, 0.05) is 19.0 Å². The number of nitrogens with zero attached hydrogens (tertiary/aromatic N) is 2. The van der Waals surface area contributed by atoms with Crippen LogP contribution in [-0.4, -0.2) is 48.4 Å². The number of piperidine rings is 1. The van der Waals surface area contributed by atoms with Crippen LogP contribution in [0.4, 0.5) is 4.39 Å². The Hall–Kier alpha value is -2.44. The lowest BCUT2D eigenvalue weighted by molar-refractivity contribution is -0.143. The van der Waals surface area contributed by atoms with Gasteiger partial charge in [-0.15, -0.1) is 12.4 Å². The molecule has 1 aliphatic heterocycles. The van der Waals surface area contributed by atoms with Gasteiger partial charge in [-0.25, -0.2) is 4.39 Å². The predicted octanol–water partition coefficient (Wildman–Crippen LogP) is 4.80. The monoisotopic (exact) mass is 448 g/mol. The van der Waals surface area contributed by atoms with Crippen LogP contribution < -0.4 is 0 Å². The standard InChI is InChI=1S/C24H29FN2O3.ClH/c1-17-6-3-4-8-21(17)23(22-10-9-20(25)14-18(22)2)15-26-30-13-12-27-11-5-7-19(16-27)24(28)29;/h3-4,6,8-10,14-15,19,23H,5,7,11-13,16H2,1-2H3,(H,28,29);1H/b26-15+;/t19-,23?;/m1./s1. The van der Waals surface area contributed by atoms with Gasteiger partial charge in [0.2, 0.25) is 0 Å². The molecule has 5 nitrogen and oxygen atoms in total. The highest BCUT2D eigenvalue weighted by molar-refractivity contribution is 5.85. The van der Waals surface area contributed by atoms with E-state index in [1.54, 1.807) is 12.3 Å². The summed E-state index contributed by atoms with van der Waals surface area (Å²) in [5.41, 5.74) is 4.08. The van der Waals surface area contributed by atoms with Crippen LogP contribution in [0.3, 0.4) is 0 Å². The molecule has 3 rings (SSSR count). The normalized spacial score (nSPS) is 17.8. The number of rotatable bonds is 8. The highest BCUT2D eigenvalue weighted by atomic mass is 35.5. The van der Waals surface area contributed by atoms with Gasteiger partial charge in [-0.05, 0) is 67.6 Å². The van der Waals surface area contributed by atoms with Gasteiger partial charge in [0.1, 0.15) is 12.4 Å². The van der Waals surface area contributed by atoms with E-state index in [1.807, 2.05) is 32.0 Å². The first-order chi connectivity index (χ1) is 14.5. The zero-order valence-electron chi connectivity index (χ0n) is 18.0. The SMILES string of the molecule is Cc1ccccc1C(/C=N/OCCN1CCC[C@@H](C(=O)O)C1)c1ccc(F)cc1C.Cl. The van der Waals surface area contributed by atoms with Gasteiger partial charge in [-0.2, -0.15) is 0 Å². The largest absolute Gasteiger partial charge is 0.481 e. The fourth-order valence-electron chi connectivity index (χ4n) is 4.04. The molecule has 1 heterocycles. The lowest BCUT2D eigenvalue weighted by Crippen LogP contribution is -2.40. The van der Waals surface area contributed by atoms with Gasteiger partial charge in [-0.1, -0.05) is 35.5 Å². The van der Waals surface area contributed by atoms with Crippen LogP contribution in [0.15, 0.2) is 47.6 Å². The average Bonchev–Trinajstić information content (AvgIpc) is 2.72. The molecule has 1 saturated heterocycles. The van der Waals surface area contributed by atoms with Crippen molar-refractivity contribution in [2.75, 3.05) is 26.2 Å². The van der Waals surface area contributed by atoms with Crippen LogP contribution in [0, 0.1) is 25.6 Å². The third-order valence-electron chi connectivity index (χ3n) is 5.73. The van der Waals surface area contributed by atoms with Gasteiger partial charge in [-0.3, -0.25) is 9.69 Å². The quantitative estimate of drug-likeness (QED) is 0.358. The number of carboxylic acid groups (broad SMARTS) is 1. The molecule has 1 unspecified atom stereocenters. The summed E-state index contributed by atoms with van der Waals surface area (Å²) in [6.07, 6.45) is 3.39. The van der Waals surface area contributed by atoms with E-state index in [0.717, 1.165) is 41.6 Å². The minimum Gasteiger partial charge on any atom is -0.481 e. The smallest absolute Gasteiger partial charge is 0.307 e. The van der Waals surface area contributed by atoms with Crippen molar-refractivity contribution in [2.24, 2.45) is 11.1 Å². The number of carboxylic acids is 1. The number of oxime groups is 1. The van der Waals surface area contributed by atoms with Crippen LogP contribution in [-0.2, 0) is 9.63 Å². The minimum absolute atomic E-state index is 0. The molecule has 0 bridgehead atoms. The number of hydrogen-bond acceptors (Lipinski definition) is 4. The topological polar surface area (TPSA) is 62.1 Å². The summed E-state index contributed by atoms with van der Waals surface area (Å²) in [6.45, 7) is 6.43. The Morgan fingerprint density at radius 3 is 2.71 bits per heavy atom. The van der Waals surface area contributed by atoms with E-state index in [9.17, 15) is 14.3 Å². The molecular formula is C24H30ClFN2O3. The van der Waals surface area contributed by atoms with Crippen LogP contribution in [0.1, 0.15) is 41.0 Å². The molecule has 0 radical (unpaired) electrons. The average molecular weight is 449 g/mol. The molecule has 2 atom stereocenters. The van der Waals surface area contributed by atoms with E-state index in [-0.39, 0.29) is 30.1 Å². The van der Waals surface area contributed by atoms with Crippen LogP contribution in [0.5, 0.6) is 0 Å². The van der Waals surface area contributed by atoms with Crippen LogP contribution in [0.25, 0.3) is 0 Å². The van der Waals surface area contributed by atoms with E-state index in [0.29, 0.717) is 19.7 Å². The van der Waals surface area contributed by atoms with Crippen molar-refractivity contribution < 1.29 is 19.1 Å². The number of halogens is 2. The van der Waals surface area contributed by atoms with Crippen LogP contribution >= 0.6 is 12.4 Å². The Bertz CT molecular complexity index is 906. The van der Waals surface area contributed by atoms with Gasteiger partial charge in [0.15, 0.2) is 0 Å². The van der Waals surface area contributed by atoms with E-state index in [2.05, 4.69) is 16.1 Å². The number of hydrogen-bond donors (Lipinski definition) is 1. The number of likely N-dealkylation sites (tertiary alicyclic amines) is 1. The summed E-state index contributed by atoms with van der Waals surface area (Å²) in [7, 11) is 0. The molecule has 7 heteroatoms. The first-order valence-corrected chi connectivity index (χ1v) is 10.4. The fourth-order valence-corrected chi connectivity index (χ4v) is 4.04. The Morgan fingerprint density at radius 2 is 2.00 bits per heavy atom. The molecule has 31 heavy (non-hydrogen) atoms. The lowest BCUT2D eigenvalue weighted by Gasteiger charge is -2.29. The Labute approximate surface area is 189 Å². The third kappa shape index (κ3) is 6.77. The van der Waals surface area contributed by atoms with Crippen molar-refractivity contribution in [3.8, 4) is 0 Å². The summed E-state index contributed by atoms with van der Waals surface area (Å²) < 4.78 is 13.6. The molecule has 1 N–H and O–H groups in total. The first kappa shape index (κ1) is 24.8. The molecule has 168 valence electrons. The molecule has 0 aromatic heterocycles. The Morgan fingerprint density at radius 1 is 1.26 bits per heavy atom. The van der Waals surface area contributed by atoms with Crippen molar-refractivity contribution in [3.63, 3.8) is 0 Å². The first-order valence-electron chi connectivity index (χ1n) is 10.4. The predicted molar refractivity (Wildman–Crippen MR) is 123 cm³/mol. The summed E-state index contributed by atoms with van der Waals surface area (Å²) in [4.78, 5) is 18.8. The maximum Gasteiger partial charge on any atom is 0.307 e. The number of aliphatic carboxylic acids is 1. The highest BCUT2D eigenvalue weighted by Crippen LogP contribution is 2.28. The van der Waals surface area contributed by atoms with Crippen molar-refractivity contribution in [1.29, 1.82) is 0 Å². The summed E-state index contributed by atoms with van der Waals surface area (Å²) in [5.74, 6) is -1.42. The number of benzene rings is 2. The van der Waals surface area contributed by atoms with Gasteiger partial charge in [0.25, 0.3) is 0 Å². The number of carbonyl (C=O) groups is 1. The molecule has 2 aromatic carbocycles. The Balaban J connectivity index is 0.00000341. The van der Waals surface area contributed by atoms with Crippen molar-refractivity contribution in [1.82, 2.24) is 4.90 Å². The second kappa shape index (κ2) is 11.8. The molecule has 1 aliphatic rings. The fraction of sp³-hybridized carbons (Fsp3) is 0.417. The number of aryl methyl sites for hydroxylation is 2. The van der Waals surface area contributed by atoms with Crippen molar-refractivity contribution in [2.45, 2.75) is 32.6 Å². The summed E-state index contributed by atoms with van der Waals surface area (Å²) in [6, 6.07) is 12.9. The van der Waals surface area contributed by atoms with Crippen LogP contribution in [0.2, 0.25) is 0 Å². The third-order valence-corrected chi connectivity index (χ3v) is 5.73. The molecule has 0 amide bonds. The highest BCUT2D eigenvalue weighted by Gasteiger charge is 2.25. The zero-order chi connectivity index (χ0) is 21.5. The molecule has 0 aliphatic carbocycles. The maximum absolute atomic E-state index is 13.6. The van der Waals surface area contributed by atoms with E-state index >= 15 is 0 Å². The van der Waals surface area contributed by atoms with E-state index in [1.165, 1.54) is 12.1 Å². The summed E-state index contributed by atoms with van der Waals surface area (Å²) in [5, 5.41) is 13.4. The molecular weight excluding hydrogens is 419 g/mol. The minimum atomic E-state index is -0.727. The second-order valence-electron chi connectivity index (χ2n) is 7.90. The molecule has 0 saturated carbocycles. The maximum atomic E-state index is 13.6. The lowest BCUT2D eigenvalue weighted by atomic mass is 9.87. The van der Waals surface area contributed by atoms with E-state index < -0.39 is 5.97 Å². The van der Waals surface area contributed by atoms with Gasteiger partial charge < -0.3 is 9.94 Å². The zero-order valence-corrected chi connectivity index (χ0v) is 18.8. The molecule has 2 aromatic rings. The summed E-state index contributed by atoms with van der Waals surface area (Å²) >= 11 is 0. The second-order valence-corrected chi connectivity index (χ2v) is 7.90. The van der Waals surface area contributed by atoms with E-state index in [4.69, 9.17) is 4.84 Å². The molecule has 0 spiro atoms. The van der Waals surface area contributed by atoms with Crippen molar-refractivity contribution in [3.05, 3.63) is 70.5 Å². The Kier molecular flexibility index (Phi) is 9.46. The van der Waals surface area contributed by atoms with Gasteiger partial charge in [0.05, 0.1) is 12.1 Å². The van der Waals surface area contributed by atoms with Gasteiger partial charge >= 0.3 is 5.97 Å². The molecule has 1 fully saturated rings.